The Balaban J connectivity index is -0.0000000533. The second kappa shape index (κ2) is 22.3. The molecular formula is C4H20FeN6O8S2. The largest absolute Gasteiger partial charge is 2.00 e. The number of hydrogen-bond acceptors (Lipinski definition) is 12. The molecule has 14 nitrogen and oxygen atoms in total. The van der Waals surface area contributed by atoms with Gasteiger partial charge in [-0.3, -0.25) is 28.5 Å². The van der Waals surface area contributed by atoms with Gasteiger partial charge in [0.15, 0.2) is 0 Å². The van der Waals surface area contributed by atoms with E-state index in [9.17, 15) is 0 Å². The molecule has 0 aromatic heterocycles. The van der Waals surface area contributed by atoms with Gasteiger partial charge in [0.05, 0.1) is 13.1 Å². The molecule has 0 rings (SSSR count). The van der Waals surface area contributed by atoms with E-state index in [-0.39, 0.29) is 17.1 Å². The van der Waals surface area contributed by atoms with Crippen LogP contribution in [0.3, 0.4) is 0 Å². The molecule has 0 saturated heterocycles. The van der Waals surface area contributed by atoms with Crippen molar-refractivity contribution >= 4 is 20.8 Å². The zero-order valence-electron chi connectivity index (χ0n) is 10.8. The maximum atomic E-state index is 8.52. The minimum atomic E-state index is -5.17. The predicted octanol–water partition coefficient (Wildman–Crippen LogP) is -7.30. The van der Waals surface area contributed by atoms with Crippen LogP contribution in [0.4, 0.5) is 0 Å². The van der Waals surface area contributed by atoms with Crippen molar-refractivity contribution in [3.8, 4) is 0 Å². The molecule has 0 saturated carbocycles. The van der Waals surface area contributed by atoms with Gasteiger partial charge >= 0.3 is 17.1 Å². The third-order valence-corrected chi connectivity index (χ3v) is 0.642. The van der Waals surface area contributed by atoms with Crippen LogP contribution in [0.2, 0.25) is 0 Å². The fraction of sp³-hybridized carbons (Fsp3) is 1.00. The van der Waals surface area contributed by atoms with E-state index in [1.165, 1.54) is 0 Å². The van der Waals surface area contributed by atoms with Gasteiger partial charge in [0, 0.05) is 33.9 Å². The summed E-state index contributed by atoms with van der Waals surface area (Å²) in [5.74, 6) is 6.69. The Bertz CT molecular complexity index is 307. The van der Waals surface area contributed by atoms with Crippen LogP contribution in [0.1, 0.15) is 0 Å². The first-order chi connectivity index (χ1) is 8.83. The van der Waals surface area contributed by atoms with Gasteiger partial charge in [-0.1, -0.05) is 0 Å². The first-order valence-electron chi connectivity index (χ1n) is 4.56. The molecule has 0 aromatic rings. The molecule has 0 spiro atoms. The fourth-order valence-corrected chi connectivity index (χ4v) is 0.204. The molecule has 0 amide bonds. The van der Waals surface area contributed by atoms with E-state index in [1.807, 2.05) is 0 Å². The molecule has 0 heterocycles. The Morgan fingerprint density at radius 3 is 0.905 bits per heavy atom. The van der Waals surface area contributed by atoms with Gasteiger partial charge in [0.2, 0.25) is 0 Å². The monoisotopic (exact) mass is 400 g/mol. The molecule has 21 heavy (non-hydrogen) atoms. The smallest absolute Gasteiger partial charge is 0.759 e. The van der Waals surface area contributed by atoms with Gasteiger partial charge in [-0.25, -0.2) is 0 Å². The van der Waals surface area contributed by atoms with Gasteiger partial charge in [-0.15, -0.1) is 0 Å². The minimum Gasteiger partial charge on any atom is -0.759 e. The molecule has 0 bridgehead atoms. The molecule has 17 heteroatoms. The summed E-state index contributed by atoms with van der Waals surface area (Å²) < 4.78 is 68.2. The van der Waals surface area contributed by atoms with Crippen molar-refractivity contribution in [3.05, 3.63) is 0 Å². The third kappa shape index (κ3) is 402. The van der Waals surface area contributed by atoms with Crippen molar-refractivity contribution in [2.75, 3.05) is 26.2 Å². The van der Waals surface area contributed by atoms with Gasteiger partial charge in [-0.2, -0.15) is 10.9 Å². The quantitative estimate of drug-likeness (QED) is 0.111. The number of nitrogens with two attached hydrogens (primary N) is 2. The summed E-state index contributed by atoms with van der Waals surface area (Å²) in [6.07, 6.45) is 0. The van der Waals surface area contributed by atoms with Crippen LogP contribution in [0, 0.1) is 0 Å². The molecule has 0 aliphatic heterocycles. The molecule has 12 N–H and O–H groups in total. The molecule has 0 aliphatic carbocycles. The number of rotatable bonds is 4. The van der Waals surface area contributed by atoms with Gasteiger partial charge in [0.25, 0.3) is 0 Å². The summed E-state index contributed by atoms with van der Waals surface area (Å²) >= 11 is 0. The second-order valence-electron chi connectivity index (χ2n) is 2.39. The van der Waals surface area contributed by atoms with Crippen molar-refractivity contribution in [2.45, 2.75) is 0 Å². The van der Waals surface area contributed by atoms with E-state index in [1.54, 1.807) is 0 Å². The fourth-order valence-electron chi connectivity index (χ4n) is 0.204. The van der Waals surface area contributed by atoms with Crippen molar-refractivity contribution < 1.29 is 63.8 Å². The van der Waals surface area contributed by atoms with Crippen molar-refractivity contribution in [3.63, 3.8) is 0 Å². The topological polar surface area (TPSA) is 292 Å². The summed E-state index contributed by atoms with van der Waals surface area (Å²) in [5.41, 5.74) is 15.4. The van der Waals surface area contributed by atoms with E-state index in [0.29, 0.717) is 13.1 Å². The third-order valence-electron chi connectivity index (χ3n) is 0.642. The van der Waals surface area contributed by atoms with E-state index in [2.05, 4.69) is 22.5 Å². The van der Waals surface area contributed by atoms with Crippen molar-refractivity contribution in [1.29, 1.82) is 0 Å². The number of nitrogens with one attached hydrogen (secondary N) is 2. The number of quaternary nitrogens is 2. The van der Waals surface area contributed by atoms with Crippen LogP contribution in [0.5, 0.6) is 0 Å². The zero-order valence-corrected chi connectivity index (χ0v) is 13.6. The Labute approximate surface area is 133 Å². The maximum Gasteiger partial charge on any atom is 2.00 e. The first-order valence-corrected chi connectivity index (χ1v) is 7.23. The summed E-state index contributed by atoms with van der Waals surface area (Å²) in [5, 5.41) is 0. The normalized spacial score (nSPS) is 9.52. The molecule has 0 aliphatic rings. The standard InChI is InChI=1S/2C2H9N3.Fe.2H2O4S/c2*3-1-2-5-4;;2*1-5(2,3)4/h2*5H,1-4H2;;2*(H2,1,2,3,4)/q;;+2;;/p-2. The second-order valence-corrected chi connectivity index (χ2v) is 4.03. The van der Waals surface area contributed by atoms with E-state index >= 15 is 0 Å². The maximum absolute atomic E-state index is 8.52. The van der Waals surface area contributed by atoms with E-state index < -0.39 is 20.8 Å². The molecular weight excluding hydrogens is 380 g/mol. The SMILES string of the molecule is NCCN[NH3+].NCCN[NH3+].O=S(=O)([O-])[O-].O=S(=O)([O-])[O-].[Fe+2]. The summed E-state index contributed by atoms with van der Waals surface area (Å²) in [4.78, 5) is 0. The van der Waals surface area contributed by atoms with Crippen molar-refractivity contribution in [2.24, 2.45) is 11.5 Å². The van der Waals surface area contributed by atoms with Crippen LogP contribution in [-0.4, -0.2) is 61.2 Å². The average molecular weight is 400 g/mol. The van der Waals surface area contributed by atoms with Gasteiger partial charge < -0.3 is 29.7 Å². The molecule has 0 radical (unpaired) electrons. The van der Waals surface area contributed by atoms with Crippen molar-refractivity contribution in [1.82, 2.24) is 10.9 Å². The first kappa shape index (κ1) is 32.8. The van der Waals surface area contributed by atoms with Crippen LogP contribution in [0.15, 0.2) is 0 Å². The molecule has 0 unspecified atom stereocenters. The van der Waals surface area contributed by atoms with Crippen LogP contribution in [-0.2, 0) is 37.9 Å². The molecule has 0 fully saturated rings. The Hall–Kier alpha value is 0.0195. The van der Waals surface area contributed by atoms with Gasteiger partial charge in [-0.05, 0) is 0 Å². The van der Waals surface area contributed by atoms with E-state index in [0.717, 1.165) is 13.1 Å². The Kier molecular flexibility index (Phi) is 34.9. The van der Waals surface area contributed by atoms with Crippen LogP contribution in [0.25, 0.3) is 0 Å². The zero-order chi connectivity index (χ0) is 17.2. The van der Waals surface area contributed by atoms with E-state index in [4.69, 9.17) is 46.5 Å². The molecule has 134 valence electrons. The van der Waals surface area contributed by atoms with Gasteiger partial charge in [0.1, 0.15) is 0 Å². The summed E-state index contributed by atoms with van der Waals surface area (Å²) in [6.45, 7) is 2.95. The predicted molar refractivity (Wildman–Crippen MR) is 60.8 cm³/mol. The summed E-state index contributed by atoms with van der Waals surface area (Å²) in [6, 6.07) is 0. The molecule has 0 aromatic carbocycles. The average Bonchev–Trinajstić information content (AvgIpc) is 2.15. The molecule has 0 atom stereocenters. The van der Waals surface area contributed by atoms with Crippen LogP contribution >= 0.6 is 0 Å². The minimum absolute atomic E-state index is 0. The Morgan fingerprint density at radius 1 is 0.762 bits per heavy atom. The number of hydrogen-bond donors (Lipinski definition) is 6. The Morgan fingerprint density at radius 2 is 0.905 bits per heavy atom. The summed E-state index contributed by atoms with van der Waals surface area (Å²) in [7, 11) is -10.3. The van der Waals surface area contributed by atoms with Crippen LogP contribution < -0.4 is 34.0 Å².